The van der Waals surface area contributed by atoms with E-state index < -0.39 is 0 Å². The minimum atomic E-state index is 0.0642. The molecule has 17 heavy (non-hydrogen) atoms. The van der Waals surface area contributed by atoms with E-state index in [0.717, 1.165) is 27.4 Å². The summed E-state index contributed by atoms with van der Waals surface area (Å²) < 4.78 is 0. The van der Waals surface area contributed by atoms with Crippen LogP contribution in [0.15, 0.2) is 18.2 Å². The number of rotatable bonds is 2. The number of nitrogens with two attached hydrogens (primary N) is 1. The Morgan fingerprint density at radius 3 is 2.41 bits per heavy atom. The zero-order valence-electron chi connectivity index (χ0n) is 9.70. The molecule has 2 fully saturated rings. The number of fused-ring (bicyclic) bond motifs is 1. The van der Waals surface area contributed by atoms with Gasteiger partial charge in [0.25, 0.3) is 0 Å². The molecule has 3 atom stereocenters. The summed E-state index contributed by atoms with van der Waals surface area (Å²) in [6, 6.07) is 5.67. The van der Waals surface area contributed by atoms with E-state index in [4.69, 9.17) is 28.9 Å². The van der Waals surface area contributed by atoms with Crippen LogP contribution >= 0.6 is 23.2 Å². The van der Waals surface area contributed by atoms with Crippen LogP contribution in [-0.2, 0) is 0 Å². The maximum atomic E-state index is 6.39. The van der Waals surface area contributed by atoms with Gasteiger partial charge in [0.2, 0.25) is 0 Å². The predicted octanol–water partition coefficient (Wildman–Crippen LogP) is 4.43. The third kappa shape index (κ3) is 2.09. The Balaban J connectivity index is 1.82. The third-order valence-electron chi connectivity index (χ3n) is 4.45. The van der Waals surface area contributed by atoms with E-state index in [1.807, 2.05) is 18.2 Å². The first-order valence-electron chi connectivity index (χ1n) is 6.39. The highest BCUT2D eigenvalue weighted by molar-refractivity contribution is 6.33. The van der Waals surface area contributed by atoms with Crippen LogP contribution in [-0.4, -0.2) is 0 Å². The molecule has 0 bridgehead atoms. The number of hydrogen-bond acceptors (Lipinski definition) is 1. The molecule has 2 aliphatic rings. The van der Waals surface area contributed by atoms with Crippen molar-refractivity contribution in [3.05, 3.63) is 33.8 Å². The van der Waals surface area contributed by atoms with Gasteiger partial charge < -0.3 is 5.73 Å². The van der Waals surface area contributed by atoms with Crippen molar-refractivity contribution in [3.8, 4) is 0 Å². The van der Waals surface area contributed by atoms with Gasteiger partial charge in [-0.05, 0) is 54.4 Å². The Hall–Kier alpha value is -0.240. The lowest BCUT2D eigenvalue weighted by Gasteiger charge is -2.14. The molecule has 0 heterocycles. The van der Waals surface area contributed by atoms with E-state index in [0.29, 0.717) is 5.92 Å². The molecule has 0 amide bonds. The molecule has 0 saturated heterocycles. The van der Waals surface area contributed by atoms with Gasteiger partial charge in [0.05, 0.1) is 0 Å². The SMILES string of the molecule is NC(c1cc(Cl)ccc1Cl)C1C2CCCCC21. The monoisotopic (exact) mass is 269 g/mol. The molecule has 92 valence electrons. The molecule has 1 aromatic rings. The smallest absolute Gasteiger partial charge is 0.0454 e. The maximum Gasteiger partial charge on any atom is 0.0454 e. The van der Waals surface area contributed by atoms with Gasteiger partial charge in [-0.15, -0.1) is 0 Å². The normalized spacial score (nSPS) is 33.0. The van der Waals surface area contributed by atoms with Crippen molar-refractivity contribution < 1.29 is 0 Å². The molecule has 0 aromatic heterocycles. The number of hydrogen-bond donors (Lipinski definition) is 1. The van der Waals surface area contributed by atoms with Crippen LogP contribution in [0.2, 0.25) is 10.0 Å². The van der Waals surface area contributed by atoms with Crippen molar-refractivity contribution in [3.63, 3.8) is 0 Å². The van der Waals surface area contributed by atoms with Gasteiger partial charge in [-0.1, -0.05) is 36.0 Å². The Labute approximate surface area is 112 Å². The lowest BCUT2D eigenvalue weighted by molar-refractivity contribution is 0.480. The van der Waals surface area contributed by atoms with E-state index in [1.165, 1.54) is 25.7 Å². The molecule has 1 nitrogen and oxygen atoms in total. The predicted molar refractivity (Wildman–Crippen MR) is 72.3 cm³/mol. The van der Waals surface area contributed by atoms with E-state index in [2.05, 4.69) is 0 Å². The van der Waals surface area contributed by atoms with Crippen molar-refractivity contribution in [2.45, 2.75) is 31.7 Å². The maximum absolute atomic E-state index is 6.39. The zero-order chi connectivity index (χ0) is 12.0. The molecular formula is C14H17Cl2N. The number of halogens is 2. The summed E-state index contributed by atoms with van der Waals surface area (Å²) in [5.41, 5.74) is 7.41. The molecule has 1 aromatic carbocycles. The zero-order valence-corrected chi connectivity index (χ0v) is 11.2. The van der Waals surface area contributed by atoms with Gasteiger partial charge in [-0.2, -0.15) is 0 Å². The van der Waals surface area contributed by atoms with E-state index in [-0.39, 0.29) is 6.04 Å². The lowest BCUT2D eigenvalue weighted by atomic mass is 10.0. The fraction of sp³-hybridized carbons (Fsp3) is 0.571. The van der Waals surface area contributed by atoms with Crippen LogP contribution in [0.3, 0.4) is 0 Å². The lowest BCUT2D eigenvalue weighted by Crippen LogP contribution is -2.15. The second kappa shape index (κ2) is 4.46. The fourth-order valence-electron chi connectivity index (χ4n) is 3.56. The first kappa shape index (κ1) is 11.8. The topological polar surface area (TPSA) is 26.0 Å². The second-order valence-corrected chi connectivity index (χ2v) is 6.22. The van der Waals surface area contributed by atoms with Crippen molar-refractivity contribution in [1.82, 2.24) is 0 Å². The molecule has 3 unspecified atom stereocenters. The van der Waals surface area contributed by atoms with Gasteiger partial charge in [0, 0.05) is 16.1 Å². The van der Waals surface area contributed by atoms with Crippen molar-refractivity contribution in [1.29, 1.82) is 0 Å². The Bertz CT molecular complexity index is 420. The minimum Gasteiger partial charge on any atom is -0.324 e. The quantitative estimate of drug-likeness (QED) is 0.845. The Morgan fingerprint density at radius 1 is 1.12 bits per heavy atom. The van der Waals surface area contributed by atoms with Gasteiger partial charge in [0.1, 0.15) is 0 Å². The highest BCUT2D eigenvalue weighted by atomic mass is 35.5. The summed E-state index contributed by atoms with van der Waals surface area (Å²) in [5, 5.41) is 1.48. The highest BCUT2D eigenvalue weighted by Gasteiger charge is 2.53. The van der Waals surface area contributed by atoms with Gasteiger partial charge in [0.15, 0.2) is 0 Å². The summed E-state index contributed by atoms with van der Waals surface area (Å²) in [5.74, 6) is 2.32. The first-order valence-corrected chi connectivity index (χ1v) is 7.14. The van der Waals surface area contributed by atoms with E-state index in [1.54, 1.807) is 0 Å². The van der Waals surface area contributed by atoms with E-state index in [9.17, 15) is 0 Å². The van der Waals surface area contributed by atoms with Crippen LogP contribution in [0.4, 0.5) is 0 Å². The highest BCUT2D eigenvalue weighted by Crippen LogP contribution is 2.60. The summed E-state index contributed by atoms with van der Waals surface area (Å²) in [4.78, 5) is 0. The first-order chi connectivity index (χ1) is 8.18. The van der Waals surface area contributed by atoms with Gasteiger partial charge in [-0.3, -0.25) is 0 Å². The summed E-state index contributed by atoms with van der Waals surface area (Å²) in [6.45, 7) is 0. The average Bonchev–Trinajstić information content (AvgIpc) is 3.05. The summed E-state index contributed by atoms with van der Waals surface area (Å²) in [7, 11) is 0. The van der Waals surface area contributed by atoms with Crippen LogP contribution < -0.4 is 5.73 Å². The summed E-state index contributed by atoms with van der Waals surface area (Å²) >= 11 is 12.2. The van der Waals surface area contributed by atoms with Crippen LogP contribution in [0.5, 0.6) is 0 Å². The van der Waals surface area contributed by atoms with Gasteiger partial charge in [-0.25, -0.2) is 0 Å². The van der Waals surface area contributed by atoms with Crippen molar-refractivity contribution in [2.24, 2.45) is 23.5 Å². The molecular weight excluding hydrogens is 253 g/mol. The molecule has 2 aliphatic carbocycles. The average molecular weight is 270 g/mol. The molecule has 3 rings (SSSR count). The second-order valence-electron chi connectivity index (χ2n) is 5.38. The molecule has 3 heteroatoms. The standard InChI is InChI=1S/C14H17Cl2N/c15-8-5-6-12(16)11(7-8)14(17)13-9-3-1-2-4-10(9)13/h5-7,9-10,13-14H,1-4,17H2. The largest absolute Gasteiger partial charge is 0.324 e. The van der Waals surface area contributed by atoms with Crippen LogP contribution in [0.25, 0.3) is 0 Å². The molecule has 0 spiro atoms. The number of benzene rings is 1. The van der Waals surface area contributed by atoms with Crippen molar-refractivity contribution >= 4 is 23.2 Å². The Morgan fingerprint density at radius 2 is 1.76 bits per heavy atom. The van der Waals surface area contributed by atoms with E-state index >= 15 is 0 Å². The van der Waals surface area contributed by atoms with Crippen LogP contribution in [0.1, 0.15) is 37.3 Å². The van der Waals surface area contributed by atoms with Crippen LogP contribution in [0, 0.1) is 17.8 Å². The summed E-state index contributed by atoms with van der Waals surface area (Å²) in [6.07, 6.45) is 5.43. The van der Waals surface area contributed by atoms with Crippen molar-refractivity contribution in [2.75, 3.05) is 0 Å². The third-order valence-corrected chi connectivity index (χ3v) is 5.03. The minimum absolute atomic E-state index is 0.0642. The molecule has 0 radical (unpaired) electrons. The fourth-order valence-corrected chi connectivity index (χ4v) is 3.98. The molecule has 0 aliphatic heterocycles. The molecule has 2 saturated carbocycles. The molecule has 2 N–H and O–H groups in total. The van der Waals surface area contributed by atoms with Gasteiger partial charge >= 0.3 is 0 Å². The Kier molecular flexibility index (Phi) is 3.10.